The Morgan fingerprint density at radius 2 is 2.22 bits per heavy atom. The minimum Gasteiger partial charge on any atom is -0.357 e. The lowest BCUT2D eigenvalue weighted by atomic mass is 10.0. The topological polar surface area (TPSA) is 53.9 Å². The summed E-state index contributed by atoms with van der Waals surface area (Å²) in [5.41, 5.74) is 4.84. The highest BCUT2D eigenvalue weighted by atomic mass is 16.2. The molecule has 3 aromatic rings. The molecule has 5 heteroatoms. The van der Waals surface area contributed by atoms with E-state index in [4.69, 9.17) is 0 Å². The molecule has 0 saturated carbocycles. The lowest BCUT2D eigenvalue weighted by Gasteiger charge is -2.27. The smallest absolute Gasteiger partial charge is 0.224 e. The molecule has 1 aliphatic rings. The molecule has 1 aromatic carbocycles. The molecule has 0 radical (unpaired) electrons. The lowest BCUT2D eigenvalue weighted by molar-refractivity contribution is -0.132. The molecule has 23 heavy (non-hydrogen) atoms. The maximum absolute atomic E-state index is 12.5. The third-order valence-corrected chi connectivity index (χ3v) is 4.55. The molecular formula is C18H20N4O. The fourth-order valence-corrected chi connectivity index (χ4v) is 3.36. The Kier molecular flexibility index (Phi) is 3.41. The number of carbonyl (C=O) groups excluding carboxylic acids is 1. The number of nitrogens with one attached hydrogen (secondary N) is 1. The number of aryl methyl sites for hydroxylation is 2. The van der Waals surface area contributed by atoms with E-state index in [9.17, 15) is 4.79 Å². The van der Waals surface area contributed by atoms with Gasteiger partial charge in [0.15, 0.2) is 0 Å². The number of fused-ring (bicyclic) bond motifs is 3. The predicted octanol–water partition coefficient (Wildman–Crippen LogP) is 2.65. The fourth-order valence-electron chi connectivity index (χ4n) is 3.36. The van der Waals surface area contributed by atoms with Crippen LogP contribution < -0.4 is 0 Å². The van der Waals surface area contributed by atoms with Crippen molar-refractivity contribution in [1.29, 1.82) is 0 Å². The predicted molar refractivity (Wildman–Crippen MR) is 89.0 cm³/mol. The van der Waals surface area contributed by atoms with Crippen molar-refractivity contribution in [3.63, 3.8) is 0 Å². The molecule has 0 aliphatic carbocycles. The van der Waals surface area contributed by atoms with Crippen molar-refractivity contribution in [2.75, 3.05) is 6.54 Å². The van der Waals surface area contributed by atoms with Crippen LogP contribution in [0.3, 0.4) is 0 Å². The quantitative estimate of drug-likeness (QED) is 0.808. The number of benzene rings is 1. The highest BCUT2D eigenvalue weighted by Gasteiger charge is 2.23. The number of hydrogen-bond acceptors (Lipinski definition) is 2. The second kappa shape index (κ2) is 5.57. The van der Waals surface area contributed by atoms with Gasteiger partial charge in [0.25, 0.3) is 0 Å². The molecule has 0 atom stereocenters. The summed E-state index contributed by atoms with van der Waals surface area (Å²) in [6.07, 6.45) is 5.21. The van der Waals surface area contributed by atoms with Crippen LogP contribution in [0, 0.1) is 6.92 Å². The molecule has 4 rings (SSSR count). The van der Waals surface area contributed by atoms with Crippen molar-refractivity contribution in [2.24, 2.45) is 0 Å². The average Bonchev–Trinajstić information content (AvgIpc) is 3.15. The SMILES string of the molecule is Cc1cnn(CCC(=O)N2CCc3c([nH]c4ccccc34)C2)c1. The van der Waals surface area contributed by atoms with Gasteiger partial charge in [-0.1, -0.05) is 18.2 Å². The van der Waals surface area contributed by atoms with E-state index in [1.54, 1.807) is 0 Å². The summed E-state index contributed by atoms with van der Waals surface area (Å²) in [6.45, 7) is 4.13. The number of amides is 1. The van der Waals surface area contributed by atoms with E-state index in [2.05, 4.69) is 28.3 Å². The zero-order valence-electron chi connectivity index (χ0n) is 13.2. The van der Waals surface area contributed by atoms with Crippen molar-refractivity contribution >= 4 is 16.8 Å². The van der Waals surface area contributed by atoms with E-state index in [1.807, 2.05) is 35.0 Å². The number of carbonyl (C=O) groups is 1. The van der Waals surface area contributed by atoms with Gasteiger partial charge < -0.3 is 9.88 Å². The van der Waals surface area contributed by atoms with Gasteiger partial charge in [0.2, 0.25) is 5.91 Å². The van der Waals surface area contributed by atoms with Gasteiger partial charge in [-0.15, -0.1) is 0 Å². The summed E-state index contributed by atoms with van der Waals surface area (Å²) < 4.78 is 1.84. The summed E-state index contributed by atoms with van der Waals surface area (Å²) in [6, 6.07) is 8.36. The normalized spacial score (nSPS) is 14.2. The monoisotopic (exact) mass is 308 g/mol. The Bertz CT molecular complexity index is 861. The molecule has 1 aliphatic heterocycles. The number of rotatable bonds is 3. The Morgan fingerprint density at radius 3 is 3.04 bits per heavy atom. The molecule has 1 N–H and O–H groups in total. The lowest BCUT2D eigenvalue weighted by Crippen LogP contribution is -2.36. The maximum Gasteiger partial charge on any atom is 0.224 e. The van der Waals surface area contributed by atoms with Gasteiger partial charge in [-0.2, -0.15) is 5.10 Å². The first-order valence-electron chi connectivity index (χ1n) is 8.06. The van der Waals surface area contributed by atoms with Gasteiger partial charge in [-0.3, -0.25) is 9.48 Å². The number of hydrogen-bond donors (Lipinski definition) is 1. The first-order chi connectivity index (χ1) is 11.2. The largest absolute Gasteiger partial charge is 0.357 e. The van der Waals surface area contributed by atoms with E-state index in [0.717, 1.165) is 18.5 Å². The zero-order chi connectivity index (χ0) is 15.8. The molecule has 0 unspecified atom stereocenters. The maximum atomic E-state index is 12.5. The number of H-pyrrole nitrogens is 1. The summed E-state index contributed by atoms with van der Waals surface area (Å²) in [5.74, 6) is 0.197. The second-order valence-corrected chi connectivity index (χ2v) is 6.22. The Labute approximate surface area is 134 Å². The van der Waals surface area contributed by atoms with E-state index >= 15 is 0 Å². The van der Waals surface area contributed by atoms with Crippen molar-refractivity contribution in [3.05, 3.63) is 53.5 Å². The summed E-state index contributed by atoms with van der Waals surface area (Å²) in [4.78, 5) is 17.9. The Hall–Kier alpha value is -2.56. The van der Waals surface area contributed by atoms with Gasteiger partial charge in [-0.05, 0) is 30.5 Å². The summed E-state index contributed by atoms with van der Waals surface area (Å²) in [7, 11) is 0. The molecule has 0 bridgehead atoms. The summed E-state index contributed by atoms with van der Waals surface area (Å²) >= 11 is 0. The van der Waals surface area contributed by atoms with E-state index in [0.29, 0.717) is 19.5 Å². The average molecular weight is 308 g/mol. The van der Waals surface area contributed by atoms with Gasteiger partial charge >= 0.3 is 0 Å². The first-order valence-corrected chi connectivity index (χ1v) is 8.06. The highest BCUT2D eigenvalue weighted by Crippen LogP contribution is 2.27. The van der Waals surface area contributed by atoms with Gasteiger partial charge in [0, 0.05) is 42.3 Å². The fraction of sp³-hybridized carbons (Fsp3) is 0.333. The van der Waals surface area contributed by atoms with Crippen LogP contribution >= 0.6 is 0 Å². The molecule has 3 heterocycles. The minimum atomic E-state index is 0.197. The van der Waals surface area contributed by atoms with Gasteiger partial charge in [0.05, 0.1) is 12.7 Å². The second-order valence-electron chi connectivity index (χ2n) is 6.22. The summed E-state index contributed by atoms with van der Waals surface area (Å²) in [5, 5.41) is 5.53. The molecule has 2 aromatic heterocycles. The van der Waals surface area contributed by atoms with Crippen molar-refractivity contribution in [2.45, 2.75) is 32.9 Å². The van der Waals surface area contributed by atoms with E-state index in [-0.39, 0.29) is 5.91 Å². The van der Waals surface area contributed by atoms with Crippen molar-refractivity contribution in [3.8, 4) is 0 Å². The van der Waals surface area contributed by atoms with Crippen molar-refractivity contribution in [1.82, 2.24) is 19.7 Å². The molecule has 0 fully saturated rings. The van der Waals surface area contributed by atoms with E-state index < -0.39 is 0 Å². The first kappa shape index (κ1) is 14.1. The van der Waals surface area contributed by atoms with Crippen LogP contribution in [0.4, 0.5) is 0 Å². The molecule has 0 saturated heterocycles. The number of aromatic nitrogens is 3. The number of nitrogens with zero attached hydrogens (tertiary/aromatic N) is 3. The van der Waals surface area contributed by atoms with Crippen LogP contribution in [-0.4, -0.2) is 32.1 Å². The van der Waals surface area contributed by atoms with Gasteiger partial charge in [-0.25, -0.2) is 0 Å². The Morgan fingerprint density at radius 1 is 1.35 bits per heavy atom. The number of aromatic amines is 1. The molecule has 0 spiro atoms. The molecule has 5 nitrogen and oxygen atoms in total. The van der Waals surface area contributed by atoms with Crippen LogP contribution in [0.2, 0.25) is 0 Å². The van der Waals surface area contributed by atoms with Gasteiger partial charge in [0.1, 0.15) is 0 Å². The van der Waals surface area contributed by atoms with Crippen molar-refractivity contribution < 1.29 is 4.79 Å². The van der Waals surface area contributed by atoms with Crippen LogP contribution in [0.25, 0.3) is 10.9 Å². The van der Waals surface area contributed by atoms with Crippen LogP contribution in [0.15, 0.2) is 36.7 Å². The highest BCUT2D eigenvalue weighted by molar-refractivity contribution is 5.85. The minimum absolute atomic E-state index is 0.197. The van der Waals surface area contributed by atoms with E-state index in [1.165, 1.54) is 22.2 Å². The molecule has 118 valence electrons. The zero-order valence-corrected chi connectivity index (χ0v) is 13.2. The Balaban J connectivity index is 1.46. The third kappa shape index (κ3) is 2.63. The molecular weight excluding hydrogens is 288 g/mol. The van der Waals surface area contributed by atoms with Crippen LogP contribution in [-0.2, 0) is 24.3 Å². The van der Waals surface area contributed by atoms with Crippen LogP contribution in [0.1, 0.15) is 23.2 Å². The molecule has 1 amide bonds. The third-order valence-electron chi connectivity index (χ3n) is 4.55. The van der Waals surface area contributed by atoms with Crippen LogP contribution in [0.5, 0.6) is 0 Å². The standard InChI is InChI=1S/C18H20N4O/c1-13-10-19-22(11-13)9-7-18(23)21-8-6-15-14-4-2-3-5-16(14)20-17(15)12-21/h2-5,10-11,20H,6-9,12H2,1H3. The number of para-hydroxylation sites is 1.